The average Bonchev–Trinajstić information content (AvgIpc) is 2.99. The number of carbonyl (C=O) groups excluding carboxylic acids is 1. The summed E-state index contributed by atoms with van der Waals surface area (Å²) in [7, 11) is 4.21. The number of rotatable bonds is 5. The summed E-state index contributed by atoms with van der Waals surface area (Å²) in [5.41, 5.74) is 0. The molecule has 0 aromatic rings. The fraction of sp³-hybridized carbons (Fsp3) is 0.933. The molecular weight excluding hydrogens is 270 g/mol. The van der Waals surface area contributed by atoms with Crippen LogP contribution in [-0.2, 0) is 0 Å². The Bertz CT molecular complexity index is 324. The van der Waals surface area contributed by atoms with Crippen LogP contribution in [0.25, 0.3) is 0 Å². The Morgan fingerprint density at radius 2 is 2.15 bits per heavy atom. The molecule has 1 heterocycles. The van der Waals surface area contributed by atoms with E-state index in [4.69, 9.17) is 0 Å². The van der Waals surface area contributed by atoms with Crippen LogP contribution in [0.5, 0.6) is 0 Å². The van der Waals surface area contributed by atoms with E-state index in [1.54, 1.807) is 0 Å². The van der Waals surface area contributed by atoms with Crippen LogP contribution in [0.15, 0.2) is 0 Å². The molecule has 3 unspecified atom stereocenters. The number of hydrogen-bond acceptors (Lipinski definition) is 3. The molecule has 2 amide bonds. The number of nitrogens with one attached hydrogen (secondary N) is 1. The second-order valence-electron chi connectivity index (χ2n) is 6.40. The van der Waals surface area contributed by atoms with Crippen molar-refractivity contribution in [1.82, 2.24) is 15.1 Å². The molecule has 0 aromatic heterocycles. The molecule has 5 heteroatoms. The minimum Gasteiger partial charge on any atom is -0.335 e. The van der Waals surface area contributed by atoms with E-state index in [1.807, 2.05) is 16.7 Å². The smallest absolute Gasteiger partial charge is 0.317 e. The molecule has 1 saturated carbocycles. The SMILES string of the molecule is CCSC1CCC(NC(=O)N2CCC(CN(C)C)C2)C1. The summed E-state index contributed by atoms with van der Waals surface area (Å²) < 4.78 is 0. The lowest BCUT2D eigenvalue weighted by molar-refractivity contribution is 0.201. The number of carbonyl (C=O) groups is 1. The van der Waals surface area contributed by atoms with E-state index in [0.717, 1.165) is 44.1 Å². The fourth-order valence-corrected chi connectivity index (χ4v) is 4.55. The summed E-state index contributed by atoms with van der Waals surface area (Å²) in [6.45, 7) is 5.14. The van der Waals surface area contributed by atoms with Crippen LogP contribution in [0.2, 0.25) is 0 Å². The van der Waals surface area contributed by atoms with Crippen LogP contribution in [0, 0.1) is 5.92 Å². The van der Waals surface area contributed by atoms with Crippen molar-refractivity contribution in [2.45, 2.75) is 43.9 Å². The van der Waals surface area contributed by atoms with Crippen molar-refractivity contribution in [2.24, 2.45) is 5.92 Å². The summed E-state index contributed by atoms with van der Waals surface area (Å²) in [4.78, 5) is 16.5. The molecule has 1 aliphatic heterocycles. The number of nitrogens with zero attached hydrogens (tertiary/aromatic N) is 2. The molecule has 1 saturated heterocycles. The lowest BCUT2D eigenvalue weighted by Crippen LogP contribution is -2.43. The van der Waals surface area contributed by atoms with Crippen molar-refractivity contribution in [1.29, 1.82) is 0 Å². The standard InChI is InChI=1S/C15H29N3OS/c1-4-20-14-6-5-13(9-14)16-15(19)18-8-7-12(11-18)10-17(2)3/h12-14H,4-11H2,1-3H3,(H,16,19). The zero-order valence-electron chi connectivity index (χ0n) is 13.1. The lowest BCUT2D eigenvalue weighted by Gasteiger charge is -2.21. The van der Waals surface area contributed by atoms with E-state index in [-0.39, 0.29) is 6.03 Å². The minimum absolute atomic E-state index is 0.165. The number of hydrogen-bond donors (Lipinski definition) is 1. The topological polar surface area (TPSA) is 35.6 Å². The van der Waals surface area contributed by atoms with Crippen molar-refractivity contribution in [3.63, 3.8) is 0 Å². The first kappa shape index (κ1) is 16.0. The van der Waals surface area contributed by atoms with E-state index < -0.39 is 0 Å². The van der Waals surface area contributed by atoms with Gasteiger partial charge in [0.2, 0.25) is 0 Å². The maximum Gasteiger partial charge on any atom is 0.317 e. The van der Waals surface area contributed by atoms with E-state index in [9.17, 15) is 4.79 Å². The van der Waals surface area contributed by atoms with Crippen LogP contribution < -0.4 is 5.32 Å². The van der Waals surface area contributed by atoms with Crippen molar-refractivity contribution >= 4 is 17.8 Å². The predicted octanol–water partition coefficient (Wildman–Crippen LogP) is 2.25. The lowest BCUT2D eigenvalue weighted by atomic mass is 10.1. The second-order valence-corrected chi connectivity index (χ2v) is 7.98. The average molecular weight is 299 g/mol. The van der Waals surface area contributed by atoms with Crippen LogP contribution in [-0.4, -0.2) is 66.6 Å². The Kier molecular flexibility index (Phi) is 6.02. The Hall–Kier alpha value is -0.420. The molecule has 2 rings (SSSR count). The molecule has 0 radical (unpaired) electrons. The van der Waals surface area contributed by atoms with Gasteiger partial charge >= 0.3 is 6.03 Å². The van der Waals surface area contributed by atoms with Gasteiger partial charge in [0, 0.05) is 30.9 Å². The van der Waals surface area contributed by atoms with E-state index in [1.165, 1.54) is 12.2 Å². The Morgan fingerprint density at radius 1 is 1.35 bits per heavy atom. The summed E-state index contributed by atoms with van der Waals surface area (Å²) in [5.74, 6) is 1.83. The van der Waals surface area contributed by atoms with E-state index in [0.29, 0.717) is 12.0 Å². The van der Waals surface area contributed by atoms with Gasteiger partial charge in [-0.3, -0.25) is 0 Å². The van der Waals surface area contributed by atoms with Crippen molar-refractivity contribution in [2.75, 3.05) is 39.5 Å². The highest BCUT2D eigenvalue weighted by Crippen LogP contribution is 2.30. The summed E-state index contributed by atoms with van der Waals surface area (Å²) in [6, 6.07) is 0.567. The summed E-state index contributed by atoms with van der Waals surface area (Å²) in [6.07, 6.45) is 4.70. The van der Waals surface area contributed by atoms with Crippen molar-refractivity contribution in [3.8, 4) is 0 Å². The molecule has 2 fully saturated rings. The van der Waals surface area contributed by atoms with Gasteiger partial charge in [-0.25, -0.2) is 4.79 Å². The highest BCUT2D eigenvalue weighted by Gasteiger charge is 2.30. The molecular formula is C15H29N3OS. The van der Waals surface area contributed by atoms with Crippen LogP contribution >= 0.6 is 11.8 Å². The maximum absolute atomic E-state index is 12.3. The van der Waals surface area contributed by atoms with Gasteiger partial charge in [-0.05, 0) is 51.4 Å². The third-order valence-electron chi connectivity index (χ3n) is 4.31. The van der Waals surface area contributed by atoms with Gasteiger partial charge in [-0.1, -0.05) is 6.92 Å². The van der Waals surface area contributed by atoms with Crippen LogP contribution in [0.4, 0.5) is 4.79 Å². The molecule has 116 valence electrons. The largest absolute Gasteiger partial charge is 0.335 e. The Labute approximate surface area is 127 Å². The zero-order chi connectivity index (χ0) is 14.5. The molecule has 2 aliphatic rings. The fourth-order valence-electron chi connectivity index (χ4n) is 3.41. The van der Waals surface area contributed by atoms with Gasteiger partial charge in [0.05, 0.1) is 0 Å². The Balaban J connectivity index is 1.71. The highest BCUT2D eigenvalue weighted by atomic mass is 32.2. The highest BCUT2D eigenvalue weighted by molar-refractivity contribution is 7.99. The molecule has 0 bridgehead atoms. The van der Waals surface area contributed by atoms with Gasteiger partial charge in [0.25, 0.3) is 0 Å². The zero-order valence-corrected chi connectivity index (χ0v) is 13.9. The van der Waals surface area contributed by atoms with Gasteiger partial charge in [-0.15, -0.1) is 0 Å². The molecule has 3 atom stereocenters. The van der Waals surface area contributed by atoms with Crippen LogP contribution in [0.1, 0.15) is 32.6 Å². The predicted molar refractivity (Wildman–Crippen MR) is 86.3 cm³/mol. The van der Waals surface area contributed by atoms with Gasteiger partial charge in [0.1, 0.15) is 0 Å². The second kappa shape index (κ2) is 7.55. The molecule has 20 heavy (non-hydrogen) atoms. The van der Waals surface area contributed by atoms with Gasteiger partial charge < -0.3 is 15.1 Å². The number of urea groups is 1. The first-order valence-electron chi connectivity index (χ1n) is 7.90. The Morgan fingerprint density at radius 3 is 2.85 bits per heavy atom. The quantitative estimate of drug-likeness (QED) is 0.846. The normalized spacial score (nSPS) is 30.2. The third-order valence-corrected chi connectivity index (χ3v) is 5.54. The number of likely N-dealkylation sites (tertiary alicyclic amines) is 1. The minimum atomic E-state index is 0.165. The summed E-state index contributed by atoms with van der Waals surface area (Å²) >= 11 is 2.04. The van der Waals surface area contributed by atoms with Gasteiger partial charge in [-0.2, -0.15) is 11.8 Å². The maximum atomic E-state index is 12.3. The van der Waals surface area contributed by atoms with Gasteiger partial charge in [0.15, 0.2) is 0 Å². The number of amides is 2. The third kappa shape index (κ3) is 4.55. The van der Waals surface area contributed by atoms with Crippen molar-refractivity contribution in [3.05, 3.63) is 0 Å². The molecule has 0 aromatic carbocycles. The molecule has 1 N–H and O–H groups in total. The number of thioether (sulfide) groups is 1. The first-order valence-corrected chi connectivity index (χ1v) is 8.95. The van der Waals surface area contributed by atoms with Crippen molar-refractivity contribution < 1.29 is 4.79 Å². The summed E-state index contributed by atoms with van der Waals surface area (Å²) in [5, 5.41) is 4.00. The first-order chi connectivity index (χ1) is 9.58. The molecule has 0 spiro atoms. The van der Waals surface area contributed by atoms with E-state index >= 15 is 0 Å². The molecule has 4 nitrogen and oxygen atoms in total. The monoisotopic (exact) mass is 299 g/mol. The molecule has 1 aliphatic carbocycles. The van der Waals surface area contributed by atoms with Crippen LogP contribution in [0.3, 0.4) is 0 Å². The van der Waals surface area contributed by atoms with E-state index in [2.05, 4.69) is 31.2 Å².